The van der Waals surface area contributed by atoms with E-state index in [1.165, 1.54) is 13.4 Å². The van der Waals surface area contributed by atoms with Gasteiger partial charge in [-0.15, -0.1) is 0 Å². The highest BCUT2D eigenvalue weighted by Crippen LogP contribution is 2.41. The molecule has 0 spiro atoms. The van der Waals surface area contributed by atoms with Crippen LogP contribution in [0.5, 0.6) is 28.7 Å². The number of hydrogen-bond donors (Lipinski definition) is 1. The molecule has 5 aromatic carbocycles. The Balaban J connectivity index is 1.17. The van der Waals surface area contributed by atoms with E-state index in [1.807, 2.05) is 36.4 Å². The van der Waals surface area contributed by atoms with Crippen molar-refractivity contribution in [1.82, 2.24) is 4.90 Å². The Morgan fingerprint density at radius 2 is 1.42 bits per heavy atom. The second-order valence-corrected chi connectivity index (χ2v) is 13.2. The van der Waals surface area contributed by atoms with Gasteiger partial charge in [-0.2, -0.15) is 0 Å². The minimum atomic E-state index is -3.33. The van der Waals surface area contributed by atoms with Gasteiger partial charge in [0.25, 0.3) is 0 Å². The van der Waals surface area contributed by atoms with Gasteiger partial charge in [-0.3, -0.25) is 0 Å². The van der Waals surface area contributed by atoms with Crippen molar-refractivity contribution in [2.24, 2.45) is 0 Å². The van der Waals surface area contributed by atoms with Crippen molar-refractivity contribution >= 4 is 26.6 Å². The highest BCUT2D eigenvalue weighted by molar-refractivity contribution is 7.90. The lowest BCUT2D eigenvalue weighted by Crippen LogP contribution is -2.30. The van der Waals surface area contributed by atoms with Crippen LogP contribution in [0.1, 0.15) is 23.7 Å². The fraction of sp³-hybridized carbons (Fsp3) is 0.237. The highest BCUT2D eigenvalue weighted by atomic mass is 32.2. The summed E-state index contributed by atoms with van der Waals surface area (Å²) in [5, 5.41) is 11.7. The summed E-state index contributed by atoms with van der Waals surface area (Å²) in [5.41, 5.74) is 2.07. The summed E-state index contributed by atoms with van der Waals surface area (Å²) in [7, 11) is -1.97. The third-order valence-electron chi connectivity index (χ3n) is 7.88. The lowest BCUT2D eigenvalue weighted by atomic mass is 9.99. The number of nitrogens with zero attached hydrogens (tertiary/aromatic N) is 1. The first-order valence-electron chi connectivity index (χ1n) is 15.6. The summed E-state index contributed by atoms with van der Waals surface area (Å²) < 4.78 is 47.0. The van der Waals surface area contributed by atoms with Gasteiger partial charge < -0.3 is 29.0 Å². The summed E-state index contributed by atoms with van der Waals surface area (Å²) in [6, 6.07) is 29.9. The summed E-state index contributed by atoms with van der Waals surface area (Å²) in [6.45, 7) is 5.68. The van der Waals surface area contributed by atoms with Crippen molar-refractivity contribution in [1.29, 1.82) is 0 Å². The van der Waals surface area contributed by atoms with E-state index in [1.54, 1.807) is 66.7 Å². The lowest BCUT2D eigenvalue weighted by molar-refractivity contribution is 0.0600. The van der Waals surface area contributed by atoms with Crippen molar-refractivity contribution in [2.45, 2.75) is 18.2 Å². The summed E-state index contributed by atoms with van der Waals surface area (Å²) in [5.74, 6) is 2.40. The highest BCUT2D eigenvalue weighted by Gasteiger charge is 2.15. The van der Waals surface area contributed by atoms with Crippen LogP contribution in [-0.2, 0) is 14.6 Å². The standard InChI is InChI=1S/C38H39NO8S/c1-4-39(22-5-24-45-31-12-6-28(7-13-31)38(41)44-2)23-25-46-32-14-16-33(17-15-32)47-37-35(20-10-29-26-30(40)11-21-36(29)37)27-8-18-34(19-9-27)48(3,42)43/h6-21,26,40H,4-5,22-25H2,1-3H3. The number of rotatable bonds is 15. The third kappa shape index (κ3) is 8.84. The maximum Gasteiger partial charge on any atom is 0.337 e. The Bertz CT molecular complexity index is 1940. The van der Waals surface area contributed by atoms with Crippen LogP contribution in [0.2, 0.25) is 0 Å². The maximum atomic E-state index is 12.0. The normalized spacial score (nSPS) is 11.4. The summed E-state index contributed by atoms with van der Waals surface area (Å²) in [4.78, 5) is 14.1. The molecule has 0 heterocycles. The number of fused-ring (bicyclic) bond motifs is 1. The molecule has 0 aliphatic carbocycles. The second kappa shape index (κ2) is 15.7. The van der Waals surface area contributed by atoms with Gasteiger partial charge in [0.05, 0.1) is 24.2 Å². The van der Waals surface area contributed by atoms with Crippen LogP contribution in [0.4, 0.5) is 0 Å². The number of benzene rings is 5. The van der Waals surface area contributed by atoms with Crippen LogP contribution >= 0.6 is 0 Å². The largest absolute Gasteiger partial charge is 0.508 e. The van der Waals surface area contributed by atoms with Crippen molar-refractivity contribution < 1.29 is 37.3 Å². The average molecular weight is 670 g/mol. The number of sulfone groups is 1. The Kier molecular flexibility index (Phi) is 11.2. The molecule has 0 atom stereocenters. The van der Waals surface area contributed by atoms with Crippen LogP contribution in [0.25, 0.3) is 21.9 Å². The number of methoxy groups -OCH3 is 1. The van der Waals surface area contributed by atoms with Gasteiger partial charge >= 0.3 is 5.97 Å². The van der Waals surface area contributed by atoms with Crippen LogP contribution in [0.15, 0.2) is 108 Å². The number of carbonyl (C=O) groups excluding carboxylic acids is 1. The van der Waals surface area contributed by atoms with Crippen molar-refractivity contribution in [3.63, 3.8) is 0 Å². The molecule has 0 unspecified atom stereocenters. The van der Waals surface area contributed by atoms with Gasteiger partial charge in [0.15, 0.2) is 9.84 Å². The minimum Gasteiger partial charge on any atom is -0.508 e. The van der Waals surface area contributed by atoms with E-state index in [-0.39, 0.29) is 16.6 Å². The average Bonchev–Trinajstić information content (AvgIpc) is 3.09. The first kappa shape index (κ1) is 34.3. The predicted octanol–water partition coefficient (Wildman–Crippen LogP) is 7.36. The molecular formula is C38H39NO8S. The maximum absolute atomic E-state index is 12.0. The smallest absolute Gasteiger partial charge is 0.337 e. The topological polar surface area (TPSA) is 112 Å². The number of likely N-dealkylation sites (N-methyl/N-ethyl adjacent to an activating group) is 1. The third-order valence-corrected chi connectivity index (χ3v) is 9.01. The molecular weight excluding hydrogens is 630 g/mol. The molecule has 0 saturated heterocycles. The second-order valence-electron chi connectivity index (χ2n) is 11.2. The molecule has 0 aliphatic rings. The van der Waals surface area contributed by atoms with Gasteiger partial charge in [-0.1, -0.05) is 25.1 Å². The van der Waals surface area contributed by atoms with Crippen molar-refractivity contribution in [3.05, 3.63) is 109 Å². The van der Waals surface area contributed by atoms with E-state index in [0.29, 0.717) is 36.0 Å². The Morgan fingerprint density at radius 3 is 2.06 bits per heavy atom. The quantitative estimate of drug-likeness (QED) is 0.0903. The number of ether oxygens (including phenoxy) is 4. The van der Waals surface area contributed by atoms with Gasteiger partial charge in [0, 0.05) is 30.3 Å². The molecule has 0 aromatic heterocycles. The van der Waals surface area contributed by atoms with E-state index < -0.39 is 9.84 Å². The molecule has 250 valence electrons. The number of phenols is 1. The molecule has 5 rings (SSSR count). The van der Waals surface area contributed by atoms with Crippen LogP contribution in [0, 0.1) is 0 Å². The first-order chi connectivity index (χ1) is 23.1. The Hall–Kier alpha value is -5.06. The van der Waals surface area contributed by atoms with E-state index in [2.05, 4.69) is 11.8 Å². The summed E-state index contributed by atoms with van der Waals surface area (Å²) in [6.07, 6.45) is 2.03. The number of phenolic OH excluding ortho intramolecular Hbond substituents is 1. The molecule has 0 saturated carbocycles. The van der Waals surface area contributed by atoms with E-state index in [0.717, 1.165) is 53.7 Å². The van der Waals surface area contributed by atoms with Crippen molar-refractivity contribution in [2.75, 3.05) is 46.2 Å². The Morgan fingerprint density at radius 1 is 0.771 bits per heavy atom. The zero-order chi connectivity index (χ0) is 34.1. The number of esters is 1. The SMILES string of the molecule is CCN(CCCOc1ccc(C(=O)OC)cc1)CCOc1ccc(Oc2c(-c3ccc(S(C)(=O)=O)cc3)ccc3cc(O)ccc23)cc1. The van der Waals surface area contributed by atoms with E-state index >= 15 is 0 Å². The van der Waals surface area contributed by atoms with Gasteiger partial charge in [-0.05, 0) is 109 Å². The molecule has 0 amide bonds. The molecule has 0 radical (unpaired) electrons. The first-order valence-corrected chi connectivity index (χ1v) is 17.5. The monoisotopic (exact) mass is 669 g/mol. The fourth-order valence-electron chi connectivity index (χ4n) is 5.23. The molecule has 0 aliphatic heterocycles. The molecule has 10 heteroatoms. The van der Waals surface area contributed by atoms with Crippen LogP contribution in [0.3, 0.4) is 0 Å². The van der Waals surface area contributed by atoms with E-state index in [4.69, 9.17) is 18.9 Å². The molecule has 48 heavy (non-hydrogen) atoms. The zero-order valence-electron chi connectivity index (χ0n) is 27.2. The summed E-state index contributed by atoms with van der Waals surface area (Å²) >= 11 is 0. The lowest BCUT2D eigenvalue weighted by Gasteiger charge is -2.20. The molecule has 0 bridgehead atoms. The minimum absolute atomic E-state index is 0.152. The molecule has 1 N–H and O–H groups in total. The molecule has 0 fully saturated rings. The van der Waals surface area contributed by atoms with Gasteiger partial charge in [-0.25, -0.2) is 13.2 Å². The van der Waals surface area contributed by atoms with Crippen LogP contribution in [-0.4, -0.2) is 70.6 Å². The van der Waals surface area contributed by atoms with E-state index in [9.17, 15) is 18.3 Å². The number of hydrogen-bond acceptors (Lipinski definition) is 9. The fourth-order valence-corrected chi connectivity index (χ4v) is 5.86. The molecule has 5 aromatic rings. The Labute approximate surface area is 281 Å². The number of carbonyl (C=O) groups is 1. The van der Waals surface area contributed by atoms with Crippen molar-refractivity contribution in [3.8, 4) is 39.9 Å². The van der Waals surface area contributed by atoms with Gasteiger partial charge in [0.2, 0.25) is 0 Å². The van der Waals surface area contributed by atoms with Gasteiger partial charge in [0.1, 0.15) is 35.4 Å². The number of aromatic hydroxyl groups is 1. The molecule has 9 nitrogen and oxygen atoms in total. The zero-order valence-corrected chi connectivity index (χ0v) is 28.0. The predicted molar refractivity (Wildman–Crippen MR) is 186 cm³/mol. The van der Waals surface area contributed by atoms with Crippen LogP contribution < -0.4 is 14.2 Å².